The summed E-state index contributed by atoms with van der Waals surface area (Å²) >= 11 is 0. The van der Waals surface area contributed by atoms with E-state index in [-0.39, 0.29) is 19.7 Å². The number of esters is 1. The van der Waals surface area contributed by atoms with E-state index >= 15 is 0 Å². The van der Waals surface area contributed by atoms with Crippen LogP contribution in [-0.4, -0.2) is 38.7 Å². The maximum absolute atomic E-state index is 11.7. The second-order valence-electron chi connectivity index (χ2n) is 5.03. The molecule has 1 N–H and O–H groups in total. The van der Waals surface area contributed by atoms with Gasteiger partial charge >= 0.3 is 5.97 Å². The average molecular weight is 341 g/mol. The molecule has 3 aromatic rings. The molecule has 128 valence electrons. The van der Waals surface area contributed by atoms with Gasteiger partial charge in [-0.05, 0) is 17.3 Å². The van der Waals surface area contributed by atoms with Gasteiger partial charge in [-0.15, -0.1) is 10.2 Å². The molecule has 0 spiro atoms. The summed E-state index contributed by atoms with van der Waals surface area (Å²) in [5, 5.41) is 14.3. The smallest absolute Gasteiger partial charge is 0.330 e. The number of rotatable bonds is 7. The van der Waals surface area contributed by atoms with E-state index in [9.17, 15) is 9.59 Å². The molecule has 9 heteroatoms. The molecule has 0 aliphatic rings. The van der Waals surface area contributed by atoms with Gasteiger partial charge in [-0.2, -0.15) is 4.80 Å². The largest absolute Gasteiger partial charge is 0.467 e. The number of nitrogens with zero attached hydrogens (tertiary/aromatic N) is 4. The number of aromatic nitrogens is 4. The molecular weight excluding hydrogens is 326 g/mol. The van der Waals surface area contributed by atoms with E-state index < -0.39 is 11.9 Å². The Kier molecular flexibility index (Phi) is 5.15. The van der Waals surface area contributed by atoms with Gasteiger partial charge in [0, 0.05) is 5.56 Å². The minimum Gasteiger partial charge on any atom is -0.467 e. The summed E-state index contributed by atoms with van der Waals surface area (Å²) in [5.74, 6) is -0.0454. The summed E-state index contributed by atoms with van der Waals surface area (Å²) in [4.78, 5) is 24.5. The predicted molar refractivity (Wildman–Crippen MR) is 84.8 cm³/mol. The van der Waals surface area contributed by atoms with Gasteiger partial charge in [0.05, 0.1) is 12.8 Å². The fourth-order valence-corrected chi connectivity index (χ4v) is 1.97. The molecule has 2 aromatic heterocycles. The molecule has 2 heterocycles. The number of carbonyl (C=O) groups is 2. The number of carbonyl (C=O) groups excluding carboxylic acids is 2. The first-order chi connectivity index (χ1) is 12.2. The first kappa shape index (κ1) is 16.4. The second kappa shape index (κ2) is 7.86. The van der Waals surface area contributed by atoms with E-state index in [1.54, 1.807) is 12.1 Å². The molecule has 0 radical (unpaired) electrons. The number of benzene rings is 1. The fraction of sp³-hybridized carbons (Fsp3) is 0.188. The van der Waals surface area contributed by atoms with Gasteiger partial charge in [0.2, 0.25) is 5.82 Å². The van der Waals surface area contributed by atoms with Crippen LogP contribution in [0.25, 0.3) is 11.4 Å². The van der Waals surface area contributed by atoms with Crippen LogP contribution in [0.15, 0.2) is 53.1 Å². The summed E-state index contributed by atoms with van der Waals surface area (Å²) in [6, 6.07) is 12.7. The highest BCUT2D eigenvalue weighted by Gasteiger charge is 2.12. The van der Waals surface area contributed by atoms with Crippen LogP contribution in [-0.2, 0) is 27.4 Å². The Morgan fingerprint density at radius 1 is 1.16 bits per heavy atom. The molecule has 1 amide bonds. The molecule has 0 unspecified atom stereocenters. The average Bonchev–Trinajstić information content (AvgIpc) is 3.31. The lowest BCUT2D eigenvalue weighted by Crippen LogP contribution is -2.29. The van der Waals surface area contributed by atoms with Crippen LogP contribution in [0, 0.1) is 0 Å². The van der Waals surface area contributed by atoms with Gasteiger partial charge in [0.25, 0.3) is 5.91 Å². The minimum atomic E-state index is -0.634. The fourth-order valence-electron chi connectivity index (χ4n) is 1.97. The van der Waals surface area contributed by atoms with Crippen molar-refractivity contribution in [2.24, 2.45) is 0 Å². The zero-order valence-electron chi connectivity index (χ0n) is 13.2. The molecule has 0 fully saturated rings. The molecule has 0 saturated heterocycles. The van der Waals surface area contributed by atoms with Gasteiger partial charge in [0.1, 0.15) is 5.76 Å². The molecule has 0 aliphatic heterocycles. The van der Waals surface area contributed by atoms with Crippen LogP contribution >= 0.6 is 0 Å². The molecule has 0 saturated carbocycles. The quantitative estimate of drug-likeness (QED) is 0.632. The van der Waals surface area contributed by atoms with Crippen LogP contribution in [0.4, 0.5) is 0 Å². The molecule has 0 bridgehead atoms. The zero-order chi connectivity index (χ0) is 17.5. The van der Waals surface area contributed by atoms with Crippen molar-refractivity contribution < 1.29 is 18.7 Å². The number of hydrogen-bond acceptors (Lipinski definition) is 7. The van der Waals surface area contributed by atoms with Gasteiger partial charge in [-0.1, -0.05) is 30.3 Å². The summed E-state index contributed by atoms with van der Waals surface area (Å²) in [5.41, 5.74) is 0.791. The van der Waals surface area contributed by atoms with Gasteiger partial charge in [-0.25, -0.2) is 4.79 Å². The van der Waals surface area contributed by atoms with Crippen LogP contribution in [0.5, 0.6) is 0 Å². The first-order valence-corrected chi connectivity index (χ1v) is 7.48. The van der Waals surface area contributed by atoms with Crippen LogP contribution in [0.3, 0.4) is 0 Å². The van der Waals surface area contributed by atoms with Crippen molar-refractivity contribution in [3.63, 3.8) is 0 Å². The van der Waals surface area contributed by atoms with E-state index in [1.165, 1.54) is 6.26 Å². The maximum Gasteiger partial charge on any atom is 0.330 e. The standard InChI is InChI=1S/C16H15N5O4/c22-14(17-9-13-7-4-8-24-13)11-25-15(23)10-21-19-16(18-20-21)12-5-2-1-3-6-12/h1-8H,9-11H2,(H,17,22). The highest BCUT2D eigenvalue weighted by atomic mass is 16.5. The monoisotopic (exact) mass is 341 g/mol. The van der Waals surface area contributed by atoms with Crippen molar-refractivity contribution in [3.05, 3.63) is 54.5 Å². The Bertz CT molecular complexity index is 829. The highest BCUT2D eigenvalue weighted by Crippen LogP contribution is 2.11. The number of ether oxygens (including phenoxy) is 1. The third-order valence-corrected chi connectivity index (χ3v) is 3.16. The third kappa shape index (κ3) is 4.74. The molecule has 0 atom stereocenters. The first-order valence-electron chi connectivity index (χ1n) is 7.48. The van der Waals surface area contributed by atoms with Gasteiger partial charge in [0.15, 0.2) is 13.2 Å². The lowest BCUT2D eigenvalue weighted by molar-refractivity contribution is -0.149. The molecule has 0 aliphatic carbocycles. The van der Waals surface area contributed by atoms with Crippen LogP contribution < -0.4 is 5.32 Å². The van der Waals surface area contributed by atoms with E-state index in [4.69, 9.17) is 9.15 Å². The number of nitrogens with one attached hydrogen (secondary N) is 1. The maximum atomic E-state index is 11.7. The van der Waals surface area contributed by atoms with E-state index in [0.29, 0.717) is 11.6 Å². The Morgan fingerprint density at radius 3 is 2.76 bits per heavy atom. The Hall–Kier alpha value is -3.49. The number of furan rings is 1. The van der Waals surface area contributed by atoms with Crippen LogP contribution in [0.1, 0.15) is 5.76 Å². The highest BCUT2D eigenvalue weighted by molar-refractivity contribution is 5.80. The summed E-state index contributed by atoms with van der Waals surface area (Å²) in [7, 11) is 0. The predicted octanol–water partition coefficient (Wildman–Crippen LogP) is 0.793. The van der Waals surface area contributed by atoms with Crippen molar-refractivity contribution in [1.82, 2.24) is 25.5 Å². The number of tetrazole rings is 1. The van der Waals surface area contributed by atoms with Crippen molar-refractivity contribution in [2.45, 2.75) is 13.1 Å². The van der Waals surface area contributed by atoms with Crippen molar-refractivity contribution in [3.8, 4) is 11.4 Å². The van der Waals surface area contributed by atoms with Crippen LogP contribution in [0.2, 0.25) is 0 Å². The Morgan fingerprint density at radius 2 is 2.00 bits per heavy atom. The number of amides is 1. The minimum absolute atomic E-state index is 0.231. The normalized spacial score (nSPS) is 10.4. The van der Waals surface area contributed by atoms with E-state index in [0.717, 1.165) is 10.4 Å². The second-order valence-corrected chi connectivity index (χ2v) is 5.03. The van der Waals surface area contributed by atoms with Crippen molar-refractivity contribution in [1.29, 1.82) is 0 Å². The molecule has 25 heavy (non-hydrogen) atoms. The third-order valence-electron chi connectivity index (χ3n) is 3.16. The summed E-state index contributed by atoms with van der Waals surface area (Å²) < 4.78 is 9.96. The zero-order valence-corrected chi connectivity index (χ0v) is 13.2. The van der Waals surface area contributed by atoms with Gasteiger partial charge < -0.3 is 14.5 Å². The molecule has 3 rings (SSSR count). The lowest BCUT2D eigenvalue weighted by Gasteiger charge is -2.04. The van der Waals surface area contributed by atoms with Crippen molar-refractivity contribution in [2.75, 3.05) is 6.61 Å². The summed E-state index contributed by atoms with van der Waals surface area (Å²) in [6.45, 7) is -0.389. The molecular formula is C16H15N5O4. The summed E-state index contributed by atoms with van der Waals surface area (Å²) in [6.07, 6.45) is 1.51. The topological polar surface area (TPSA) is 112 Å². The Labute approximate surface area is 142 Å². The van der Waals surface area contributed by atoms with Crippen molar-refractivity contribution >= 4 is 11.9 Å². The van der Waals surface area contributed by atoms with Gasteiger partial charge in [-0.3, -0.25) is 4.79 Å². The number of hydrogen-bond donors (Lipinski definition) is 1. The Balaban J connectivity index is 1.43. The van der Waals surface area contributed by atoms with E-state index in [2.05, 4.69) is 20.7 Å². The molecule has 1 aromatic carbocycles. The lowest BCUT2D eigenvalue weighted by atomic mass is 10.2. The molecule has 9 nitrogen and oxygen atoms in total. The SMILES string of the molecule is O=C(COC(=O)Cn1nnc(-c2ccccc2)n1)NCc1ccco1. The van der Waals surface area contributed by atoms with E-state index in [1.807, 2.05) is 30.3 Å².